The highest BCUT2D eigenvalue weighted by molar-refractivity contribution is 5.98. The van der Waals surface area contributed by atoms with Gasteiger partial charge in [-0.15, -0.1) is 0 Å². The van der Waals surface area contributed by atoms with Crippen molar-refractivity contribution in [3.8, 4) is 17.2 Å². The Balaban J connectivity index is 2.10. The van der Waals surface area contributed by atoms with Gasteiger partial charge in [-0.2, -0.15) is 0 Å². The molecular weight excluding hydrogens is 1100 g/mol. The molecule has 0 fully saturated rings. The molecule has 0 spiro atoms. The fourth-order valence-corrected chi connectivity index (χ4v) is 8.47. The summed E-state index contributed by atoms with van der Waals surface area (Å²) in [6.45, 7) is 5.81. The number of carbonyl (C=O) groups is 6. The molecule has 30 nitrogen and oxygen atoms in total. The fraction of sp³-hybridized carbons (Fsp3) is 0.500. The summed E-state index contributed by atoms with van der Waals surface area (Å²) < 4.78 is 28.2. The number of amides is 4. The van der Waals surface area contributed by atoms with Gasteiger partial charge in [0.25, 0.3) is 11.8 Å². The van der Waals surface area contributed by atoms with Crippen molar-refractivity contribution >= 4 is 81.3 Å². The average Bonchev–Trinajstić information content (AvgIpc) is 0.855. The van der Waals surface area contributed by atoms with Gasteiger partial charge in [0, 0.05) is 49.4 Å². The van der Waals surface area contributed by atoms with Gasteiger partial charge in [0.15, 0.2) is 37.1 Å². The zero-order valence-corrected chi connectivity index (χ0v) is 48.2. The number of rotatable bonds is 35. The van der Waals surface area contributed by atoms with Crippen molar-refractivity contribution in [3.05, 3.63) is 62.3 Å². The number of nitrogens with one attached hydrogen (secondary N) is 12. The smallest absolute Gasteiger partial charge is 0.328 e. The topological polar surface area (TPSA) is 506 Å². The summed E-state index contributed by atoms with van der Waals surface area (Å²) in [5.74, 6) is -6.56. The van der Waals surface area contributed by atoms with E-state index in [-0.39, 0.29) is 152 Å². The van der Waals surface area contributed by atoms with Crippen LogP contribution in [0.4, 0.5) is 0 Å². The Hall–Kier alpha value is -9.35. The minimum atomic E-state index is -1.26. The number of hydrogen-bond donors (Lipinski definition) is 18. The fourth-order valence-electron chi connectivity index (χ4n) is 8.47. The van der Waals surface area contributed by atoms with Crippen molar-refractivity contribution in [1.29, 1.82) is 21.6 Å². The molecule has 0 radical (unpaired) electrons. The Kier molecular flexibility index (Phi) is 28.6. The number of guanidine groups is 4. The van der Waals surface area contributed by atoms with Gasteiger partial charge in [0.05, 0.1) is 26.2 Å². The highest BCUT2D eigenvalue weighted by Crippen LogP contribution is 2.39. The van der Waals surface area contributed by atoms with E-state index in [1.165, 1.54) is 12.1 Å². The van der Waals surface area contributed by atoms with E-state index in [1.807, 2.05) is 27.7 Å². The van der Waals surface area contributed by atoms with E-state index >= 15 is 0 Å². The van der Waals surface area contributed by atoms with Crippen LogP contribution in [0.2, 0.25) is 0 Å². The average molecular weight is 1180 g/mol. The third-order valence-corrected chi connectivity index (χ3v) is 12.6. The van der Waals surface area contributed by atoms with Crippen molar-refractivity contribution in [2.24, 2.45) is 22.9 Å². The first-order valence-electron chi connectivity index (χ1n) is 26.9. The lowest BCUT2D eigenvalue weighted by Gasteiger charge is -2.23. The molecule has 4 amide bonds. The summed E-state index contributed by atoms with van der Waals surface area (Å²) in [5.41, 5.74) is 22.7. The molecule has 2 aromatic carbocycles. The molecule has 0 aliphatic carbocycles. The Morgan fingerprint density at radius 3 is 1.27 bits per heavy atom. The van der Waals surface area contributed by atoms with Crippen LogP contribution in [0, 0.1) is 21.6 Å². The first kappa shape index (κ1) is 68.9. The van der Waals surface area contributed by atoms with Crippen LogP contribution < -0.4 is 80.4 Å². The molecule has 1 aromatic heterocycles. The van der Waals surface area contributed by atoms with Crippen LogP contribution in [-0.2, 0) is 57.7 Å². The van der Waals surface area contributed by atoms with Crippen molar-refractivity contribution in [2.45, 2.75) is 123 Å². The summed E-state index contributed by atoms with van der Waals surface area (Å²) in [5, 5.41) is 73.3. The Bertz CT molecular complexity index is 2990. The molecule has 0 aliphatic rings. The zero-order valence-electron chi connectivity index (χ0n) is 48.2. The highest BCUT2D eigenvalue weighted by atomic mass is 16.5. The first-order chi connectivity index (χ1) is 39.8. The van der Waals surface area contributed by atoms with Crippen LogP contribution in [-0.4, -0.2) is 147 Å². The van der Waals surface area contributed by atoms with Gasteiger partial charge >= 0.3 is 11.9 Å². The van der Waals surface area contributed by atoms with E-state index in [9.17, 15) is 43.8 Å². The van der Waals surface area contributed by atoms with Crippen LogP contribution in [0.25, 0.3) is 21.9 Å². The van der Waals surface area contributed by atoms with E-state index in [0.29, 0.717) is 12.8 Å². The van der Waals surface area contributed by atoms with Crippen molar-refractivity contribution in [1.82, 2.24) is 42.5 Å². The van der Waals surface area contributed by atoms with E-state index in [4.69, 9.17) is 67.9 Å². The monoisotopic (exact) mass is 1180 g/mol. The number of esters is 2. The van der Waals surface area contributed by atoms with Gasteiger partial charge in [-0.1, -0.05) is 23.3 Å². The molecule has 0 saturated carbocycles. The lowest BCUT2D eigenvalue weighted by Crippen LogP contribution is -2.52. The predicted octanol–water partition coefficient (Wildman–Crippen LogP) is -0.743. The Labute approximate surface area is 485 Å². The molecule has 30 heteroatoms. The molecule has 0 bridgehead atoms. The first-order valence-corrected chi connectivity index (χ1v) is 26.9. The van der Waals surface area contributed by atoms with Gasteiger partial charge in [-0.3, -0.25) is 45.6 Å². The molecular formula is C54H82N16O14. The van der Waals surface area contributed by atoms with Crippen LogP contribution >= 0.6 is 0 Å². The quantitative estimate of drug-likeness (QED) is 0.00861. The van der Waals surface area contributed by atoms with E-state index in [1.54, 1.807) is 12.2 Å². The summed E-state index contributed by atoms with van der Waals surface area (Å²) in [4.78, 5) is 95.3. The third kappa shape index (κ3) is 22.5. The number of aromatic hydroxyl groups is 1. The van der Waals surface area contributed by atoms with Gasteiger partial charge in [0.2, 0.25) is 17.2 Å². The number of phenolic OH excluding ortho intramolecular Hbond substituents is 1. The summed E-state index contributed by atoms with van der Waals surface area (Å²) >= 11 is 0. The number of carbonyl (C=O) groups excluding carboxylic acids is 6. The number of benzene rings is 2. The van der Waals surface area contributed by atoms with E-state index < -0.39 is 90.7 Å². The highest BCUT2D eigenvalue weighted by Gasteiger charge is 2.30. The lowest BCUT2D eigenvalue weighted by atomic mass is 9.95. The van der Waals surface area contributed by atoms with Gasteiger partial charge in [0.1, 0.15) is 58.0 Å². The van der Waals surface area contributed by atoms with Crippen molar-refractivity contribution in [2.75, 3.05) is 53.6 Å². The number of ether oxygens (including phenoxy) is 4. The molecule has 0 saturated heterocycles. The van der Waals surface area contributed by atoms with E-state index in [0.717, 1.165) is 25.4 Å². The number of fused-ring (bicyclic) bond motifs is 2. The Morgan fingerprint density at radius 1 is 0.560 bits per heavy atom. The molecule has 0 aliphatic heterocycles. The van der Waals surface area contributed by atoms with Crippen molar-refractivity contribution < 1.29 is 62.3 Å². The second kappa shape index (κ2) is 34.8. The normalized spacial score (nSPS) is 12.2. The minimum Gasteiger partial charge on any atom is -0.507 e. The number of aliphatic hydroxyl groups excluding tert-OH is 1. The maximum atomic E-state index is 14.9. The largest absolute Gasteiger partial charge is 0.507 e. The molecule has 0 unspecified atom stereocenters. The number of allylic oxidation sites excluding steroid dienone is 4. The lowest BCUT2D eigenvalue weighted by molar-refractivity contribution is -0.146. The standard InChI is InChI=1S/C54H82N16O14/c1-28(2)15-17-30-32(25-71)38(83-27-42(73)68-34(12-8-20-64-52(57)58)48(77)70-36(50(79)81-6)14-10-22-66-54(61)62)24-39-43(30)46(75)44-40(84-39)23-37(31(45(44)74)18-16-29(3)4)82-26-41(72)67-33(11-7-19-63-51(55)56)47(76)69-35(49(78)80-5)13-9-21-65-53(59)60/h15-16,23-24,33-36,71,74H,7-14,17-22,25-27H2,1-6H3,(H,67,72)(H,68,73)(H,69,76)(H,70,77)(H4,55,56,63)(H4,57,58,64)(H4,59,60,65)(H4,61,62,66)/t33-,34-,35-,36-/m0/s1. The summed E-state index contributed by atoms with van der Waals surface area (Å²) in [6, 6.07) is -2.20. The third-order valence-electron chi connectivity index (χ3n) is 12.6. The maximum absolute atomic E-state index is 14.9. The van der Waals surface area contributed by atoms with Crippen molar-refractivity contribution in [3.63, 3.8) is 0 Å². The minimum absolute atomic E-state index is 0.00133. The van der Waals surface area contributed by atoms with E-state index in [2.05, 4.69) is 42.5 Å². The SMILES string of the molecule is COC(=O)[C@H](CCCNC(=N)N)NC(=O)[C@H](CCCNC(=N)N)NC(=O)COc1cc2oc3cc(OCC(=O)N[C@@H](CCCNC(=N)N)C(=O)N[C@@H](CCCNC(=N)N)C(=O)OC)c(CO)c(CC=C(C)C)c3c(=O)c2c(O)c1CC=C(C)C. The second-order valence-corrected chi connectivity index (χ2v) is 19.8. The summed E-state index contributed by atoms with van der Waals surface area (Å²) in [6.07, 6.45) is 4.82. The second-order valence-electron chi connectivity index (χ2n) is 19.8. The number of nitrogens with two attached hydrogens (primary N) is 4. The van der Waals surface area contributed by atoms with Gasteiger partial charge in [-0.05, 0) is 97.5 Å². The molecule has 3 aromatic rings. The molecule has 22 N–H and O–H groups in total. The maximum Gasteiger partial charge on any atom is 0.328 e. The Morgan fingerprint density at radius 2 is 0.917 bits per heavy atom. The van der Waals surface area contributed by atoms with Crippen LogP contribution in [0.3, 0.4) is 0 Å². The number of hydrogen-bond acceptors (Lipinski definition) is 18. The zero-order chi connectivity index (χ0) is 62.6. The number of aliphatic hydroxyl groups is 1. The molecule has 4 atom stereocenters. The van der Waals surface area contributed by atoms with Crippen LogP contribution in [0.5, 0.6) is 17.2 Å². The molecule has 462 valence electrons. The van der Waals surface area contributed by atoms with Crippen LogP contribution in [0.15, 0.2) is 44.6 Å². The molecule has 1 heterocycles. The molecule has 84 heavy (non-hydrogen) atoms. The van der Waals surface area contributed by atoms with Gasteiger partial charge in [-0.25, -0.2) is 9.59 Å². The van der Waals surface area contributed by atoms with Gasteiger partial charge < -0.3 is 99.0 Å². The predicted molar refractivity (Wildman–Crippen MR) is 313 cm³/mol. The summed E-state index contributed by atoms with van der Waals surface area (Å²) in [7, 11) is 2.29. The number of phenols is 1. The van der Waals surface area contributed by atoms with Crippen LogP contribution in [0.1, 0.15) is 95.8 Å². The molecule has 3 rings (SSSR count). The number of methoxy groups -OCH3 is 2.